The molecule has 1 aromatic carbocycles. The van der Waals surface area contributed by atoms with Crippen molar-refractivity contribution in [3.63, 3.8) is 0 Å². The van der Waals surface area contributed by atoms with Gasteiger partial charge in [-0.3, -0.25) is 4.79 Å². The predicted octanol–water partition coefficient (Wildman–Crippen LogP) is 3.85. The number of anilines is 1. The number of hydrogen-bond donors (Lipinski definition) is 1. The topological polar surface area (TPSA) is 265 Å². The molecular formula is C44H60N2O16S3-2. The first-order chi connectivity index (χ1) is 30.4. The number of hydrogen-bond acceptors (Lipinski definition) is 16. The molecule has 18 nitrogen and oxygen atoms in total. The lowest BCUT2D eigenvalue weighted by Crippen LogP contribution is -2.31. The fraction of sp³-hybridized carbons (Fsp3) is 0.545. The number of carbonyl (C=O) groups is 1. The van der Waals surface area contributed by atoms with Crippen LogP contribution in [0.5, 0.6) is 0 Å². The Bertz CT molecular complexity index is 2530. The maximum Gasteiger partial charge on any atom is 0.305 e. The van der Waals surface area contributed by atoms with E-state index in [-0.39, 0.29) is 83.9 Å². The van der Waals surface area contributed by atoms with Crippen molar-refractivity contribution < 1.29 is 72.2 Å². The fourth-order valence-corrected chi connectivity index (χ4v) is 9.08. The summed E-state index contributed by atoms with van der Waals surface area (Å²) >= 11 is 0. The van der Waals surface area contributed by atoms with Gasteiger partial charge >= 0.3 is 5.97 Å². The second-order valence-electron chi connectivity index (χ2n) is 16.7. The predicted molar refractivity (Wildman–Crippen MR) is 239 cm³/mol. The summed E-state index contributed by atoms with van der Waals surface area (Å²) in [7, 11) is -13.8. The number of nitrogens with zero attached hydrogens (tertiary/aromatic N) is 2. The molecule has 1 atom stereocenters. The van der Waals surface area contributed by atoms with Crippen molar-refractivity contribution in [2.24, 2.45) is 0 Å². The number of carboxylic acid groups (broad SMARTS) is 1. The zero-order chi connectivity index (χ0) is 48.1. The Morgan fingerprint density at radius 3 is 2.00 bits per heavy atom. The maximum absolute atomic E-state index is 12.2. The van der Waals surface area contributed by atoms with Crippen LogP contribution in [-0.2, 0) is 64.9 Å². The monoisotopic (exact) mass is 968 g/mol. The highest BCUT2D eigenvalue weighted by Gasteiger charge is 2.43. The molecule has 2 aliphatic heterocycles. The minimum Gasteiger partial charge on any atom is -0.748 e. The van der Waals surface area contributed by atoms with Gasteiger partial charge in [-0.1, -0.05) is 26.8 Å². The van der Waals surface area contributed by atoms with Gasteiger partial charge in [-0.2, -0.15) is 0 Å². The minimum absolute atomic E-state index is 0.0565. The summed E-state index contributed by atoms with van der Waals surface area (Å²) in [5.41, 5.74) is 2.10. The summed E-state index contributed by atoms with van der Waals surface area (Å²) in [6.07, 6.45) is 5.44. The first kappa shape index (κ1) is 53.6. The Morgan fingerprint density at radius 1 is 0.831 bits per heavy atom. The Kier molecular flexibility index (Phi) is 19.5. The second kappa shape index (κ2) is 23.6. The van der Waals surface area contributed by atoms with Crippen LogP contribution in [-0.4, -0.2) is 134 Å². The van der Waals surface area contributed by atoms with Crippen LogP contribution in [0.15, 0.2) is 69.6 Å². The molecule has 65 heavy (non-hydrogen) atoms. The van der Waals surface area contributed by atoms with Crippen molar-refractivity contribution in [1.82, 2.24) is 4.58 Å². The molecule has 0 radical (unpaired) electrons. The van der Waals surface area contributed by atoms with Crippen LogP contribution in [0, 0.1) is 0 Å². The van der Waals surface area contributed by atoms with Crippen molar-refractivity contribution >= 4 is 48.1 Å². The lowest BCUT2D eigenvalue weighted by molar-refractivity contribution is -0.138. The van der Waals surface area contributed by atoms with E-state index in [1.807, 2.05) is 40.7 Å². The number of benzene rings is 2. The molecule has 21 heteroatoms. The first-order valence-corrected chi connectivity index (χ1v) is 25.8. The van der Waals surface area contributed by atoms with Crippen LogP contribution in [0.4, 0.5) is 5.69 Å². The SMILES string of the molecule is CC[N+](CCCS(=O)(=O)[O-])=c1ccc2c(C(C)(C)C)cc(/C=C/C=C3/N(CCOCCOCCOCCOCCC(=O)O)c4ccc(S(=O)(=O)[O-])cc4C3(C)CCCS(=O)(=O)[O-])oc-2c1. The van der Waals surface area contributed by atoms with Gasteiger partial charge in [0.25, 0.3) is 0 Å². The van der Waals surface area contributed by atoms with Crippen LogP contribution in [0.25, 0.3) is 17.4 Å². The number of ether oxygens (including phenoxy) is 4. The first-order valence-electron chi connectivity index (χ1n) is 21.3. The summed E-state index contributed by atoms with van der Waals surface area (Å²) in [4.78, 5) is 12.0. The molecule has 0 fully saturated rings. The largest absolute Gasteiger partial charge is 0.748 e. The Hall–Kier alpha value is -4.03. The van der Waals surface area contributed by atoms with E-state index in [9.17, 15) is 43.7 Å². The second-order valence-corrected chi connectivity index (χ2v) is 21.1. The highest BCUT2D eigenvalue weighted by Crippen LogP contribution is 2.51. The highest BCUT2D eigenvalue weighted by molar-refractivity contribution is 7.86. The van der Waals surface area contributed by atoms with E-state index in [1.165, 1.54) is 18.2 Å². The average molecular weight is 969 g/mol. The van der Waals surface area contributed by atoms with E-state index >= 15 is 0 Å². The normalized spacial score (nSPS) is 17.1. The van der Waals surface area contributed by atoms with Crippen LogP contribution >= 0.6 is 0 Å². The zero-order valence-corrected chi connectivity index (χ0v) is 39.9. The lowest BCUT2D eigenvalue weighted by atomic mass is 9.77. The van der Waals surface area contributed by atoms with Crippen LogP contribution in [0.1, 0.15) is 77.2 Å². The summed E-state index contributed by atoms with van der Waals surface area (Å²) in [6.45, 7) is 13.0. The van der Waals surface area contributed by atoms with Gasteiger partial charge in [0, 0.05) is 52.9 Å². The van der Waals surface area contributed by atoms with Crippen LogP contribution in [0.3, 0.4) is 0 Å². The zero-order valence-electron chi connectivity index (χ0n) is 37.5. The number of rotatable bonds is 27. The van der Waals surface area contributed by atoms with Gasteiger partial charge in [-0.05, 0) is 85.7 Å². The van der Waals surface area contributed by atoms with E-state index in [1.54, 1.807) is 25.2 Å². The van der Waals surface area contributed by atoms with Gasteiger partial charge in [0.05, 0.1) is 90.5 Å². The molecule has 362 valence electrons. The summed E-state index contributed by atoms with van der Waals surface area (Å²) < 4.78 is 136. The standard InChI is InChI=1S/C44H62N2O16S3/c1-6-45(18-9-29-64(52,53)54)33-12-14-36-37(43(2,3)4)31-34(62-40(36)30-33)10-7-11-41-44(5,17-8-28-63(49,50)51)38-32-35(65(55,56)57)13-15-39(38)46(41)19-21-59-23-25-61-27-26-60-24-22-58-20-16-42(47)48/h7,10-15,30-32H,6,8-9,16-29H2,1-5H3,(H3-,47,48,49,50,51,52,53,54,55,56,57)/p-2. The average Bonchev–Trinajstić information content (AvgIpc) is 3.43. The molecule has 0 saturated carbocycles. The summed E-state index contributed by atoms with van der Waals surface area (Å²) in [6, 6.07) is 11.7. The van der Waals surface area contributed by atoms with Crippen molar-refractivity contribution in [3.05, 3.63) is 82.6 Å². The third kappa shape index (κ3) is 16.7. The molecule has 1 aromatic rings. The van der Waals surface area contributed by atoms with Gasteiger partial charge in [-0.25, -0.2) is 29.8 Å². The van der Waals surface area contributed by atoms with E-state index in [0.717, 1.165) is 16.5 Å². The molecule has 2 heterocycles. The van der Waals surface area contributed by atoms with Gasteiger partial charge in [-0.15, -0.1) is 0 Å². The number of carboxylic acids is 1. The Morgan fingerprint density at radius 2 is 1.43 bits per heavy atom. The fourth-order valence-electron chi connectivity index (χ4n) is 7.60. The van der Waals surface area contributed by atoms with Crippen LogP contribution in [0.2, 0.25) is 0 Å². The minimum atomic E-state index is -4.88. The van der Waals surface area contributed by atoms with E-state index < -0.39 is 58.1 Å². The molecule has 3 aliphatic rings. The molecule has 1 N–H and O–H groups in total. The smallest absolute Gasteiger partial charge is 0.305 e. The molecule has 0 aromatic heterocycles. The lowest BCUT2D eigenvalue weighted by Gasteiger charge is -2.30. The summed E-state index contributed by atoms with van der Waals surface area (Å²) in [5, 5.41) is 9.43. The van der Waals surface area contributed by atoms with Gasteiger partial charge in [0.15, 0.2) is 0 Å². The van der Waals surface area contributed by atoms with Crippen molar-refractivity contribution in [2.45, 2.75) is 76.0 Å². The third-order valence-corrected chi connectivity index (χ3v) is 13.2. The van der Waals surface area contributed by atoms with Crippen LogP contribution < -0.4 is 14.8 Å². The van der Waals surface area contributed by atoms with E-state index in [0.29, 0.717) is 48.2 Å². The van der Waals surface area contributed by atoms with Gasteiger partial charge < -0.3 is 47.0 Å². The molecule has 0 bridgehead atoms. The van der Waals surface area contributed by atoms with E-state index in [2.05, 4.69) is 20.8 Å². The molecule has 0 amide bonds. The van der Waals surface area contributed by atoms with Crippen molar-refractivity contribution in [2.75, 3.05) is 88.9 Å². The quantitative estimate of drug-likeness (QED) is 0.0646. The molecule has 1 aliphatic carbocycles. The molecule has 1 unspecified atom stereocenters. The number of allylic oxidation sites excluding steroid dienone is 3. The van der Waals surface area contributed by atoms with E-state index in [4.69, 9.17) is 28.5 Å². The molecular weight excluding hydrogens is 909 g/mol. The maximum atomic E-state index is 12.2. The number of aliphatic carboxylic acids is 1. The third-order valence-electron chi connectivity index (χ3n) is 10.8. The van der Waals surface area contributed by atoms with Gasteiger partial charge in [0.1, 0.15) is 34.7 Å². The molecule has 4 rings (SSSR count). The Labute approximate surface area is 382 Å². The number of fused-ring (bicyclic) bond motifs is 2. The Balaban J connectivity index is 1.64. The highest BCUT2D eigenvalue weighted by atomic mass is 32.2. The molecule has 0 spiro atoms. The van der Waals surface area contributed by atoms with Crippen molar-refractivity contribution in [1.29, 1.82) is 0 Å². The molecule has 0 saturated heterocycles. The van der Waals surface area contributed by atoms with Crippen molar-refractivity contribution in [3.8, 4) is 11.3 Å². The van der Waals surface area contributed by atoms with Gasteiger partial charge in [0.2, 0.25) is 5.36 Å². The summed E-state index contributed by atoms with van der Waals surface area (Å²) in [5.74, 6) is -1.02.